The van der Waals surface area contributed by atoms with E-state index in [2.05, 4.69) is 24.1 Å². The number of fused-ring (bicyclic) bond motifs is 1. The molecule has 0 spiro atoms. The van der Waals surface area contributed by atoms with E-state index in [0.717, 1.165) is 50.2 Å². The van der Waals surface area contributed by atoms with Crippen molar-refractivity contribution >= 4 is 22.5 Å². The van der Waals surface area contributed by atoms with E-state index in [9.17, 15) is 4.79 Å². The highest BCUT2D eigenvalue weighted by atomic mass is 35.5. The summed E-state index contributed by atoms with van der Waals surface area (Å²) in [5.41, 5.74) is 0.703. The van der Waals surface area contributed by atoms with Crippen LogP contribution < -0.4 is 10.9 Å². The number of hydrogen-bond acceptors (Lipinski definition) is 4. The molecule has 1 N–H and O–H groups in total. The van der Waals surface area contributed by atoms with Crippen molar-refractivity contribution in [3.8, 4) is 0 Å². The van der Waals surface area contributed by atoms with Crippen LogP contribution in [0.15, 0.2) is 23.0 Å². The number of hydrogen-bond donors (Lipinski definition) is 1. The van der Waals surface area contributed by atoms with Crippen LogP contribution in [0.2, 0.25) is 5.02 Å². The molecule has 6 heteroatoms. The van der Waals surface area contributed by atoms with Gasteiger partial charge in [-0.2, -0.15) is 0 Å². The number of nitrogens with one attached hydrogen (secondary N) is 1. The molecule has 5 nitrogen and oxygen atoms in total. The van der Waals surface area contributed by atoms with Crippen molar-refractivity contribution in [3.63, 3.8) is 0 Å². The molecular weight excluding hydrogens is 336 g/mol. The topological polar surface area (TPSA) is 50.2 Å². The van der Waals surface area contributed by atoms with Gasteiger partial charge in [0.05, 0.1) is 16.9 Å². The minimum absolute atomic E-state index is 0.0235. The molecular formula is C19H27ClN4O. The molecule has 1 unspecified atom stereocenters. The Balaban J connectivity index is 2.08. The molecule has 2 atom stereocenters. The molecule has 136 valence electrons. The normalized spacial score (nSPS) is 20.6. The van der Waals surface area contributed by atoms with Crippen molar-refractivity contribution in [3.05, 3.63) is 39.4 Å². The lowest BCUT2D eigenvalue weighted by atomic mass is 10.1. The van der Waals surface area contributed by atoms with E-state index in [1.165, 1.54) is 0 Å². The van der Waals surface area contributed by atoms with Crippen LogP contribution in [-0.2, 0) is 7.05 Å². The lowest BCUT2D eigenvalue weighted by molar-refractivity contribution is 0.175. The van der Waals surface area contributed by atoms with Crippen molar-refractivity contribution in [2.45, 2.75) is 45.2 Å². The predicted molar refractivity (Wildman–Crippen MR) is 103 cm³/mol. The monoisotopic (exact) mass is 362 g/mol. The highest BCUT2D eigenvalue weighted by Gasteiger charge is 2.26. The maximum absolute atomic E-state index is 12.9. The van der Waals surface area contributed by atoms with Gasteiger partial charge in [-0.15, -0.1) is 0 Å². The second kappa shape index (κ2) is 7.85. The standard InChI is InChI=1S/C19H27ClN4O/c1-4-6-17(24-10-5-9-21-13(2)12-24)18-22-16-8-7-14(20)11-15(16)19(25)23(18)3/h7-8,11,13,17,21H,4-6,9-10,12H2,1-3H3/t13-,17?/m0/s1. The smallest absolute Gasteiger partial charge is 0.261 e. The predicted octanol–water partition coefficient (Wildman–Crippen LogP) is 3.11. The van der Waals surface area contributed by atoms with Gasteiger partial charge in [0.15, 0.2) is 0 Å². The van der Waals surface area contributed by atoms with Crippen LogP contribution in [0.3, 0.4) is 0 Å². The van der Waals surface area contributed by atoms with Crippen molar-refractivity contribution in [2.75, 3.05) is 19.6 Å². The second-order valence-electron chi connectivity index (χ2n) is 7.00. The molecule has 3 rings (SSSR count). The molecule has 1 aliphatic rings. The van der Waals surface area contributed by atoms with E-state index in [1.54, 1.807) is 16.7 Å². The van der Waals surface area contributed by atoms with E-state index < -0.39 is 0 Å². The zero-order chi connectivity index (χ0) is 18.0. The zero-order valence-corrected chi connectivity index (χ0v) is 16.0. The first-order valence-corrected chi connectivity index (χ1v) is 9.52. The van der Waals surface area contributed by atoms with Crippen LogP contribution in [0.4, 0.5) is 0 Å². The van der Waals surface area contributed by atoms with Gasteiger partial charge in [-0.1, -0.05) is 24.9 Å². The maximum atomic E-state index is 12.9. The van der Waals surface area contributed by atoms with Crippen molar-refractivity contribution < 1.29 is 0 Å². The average molecular weight is 363 g/mol. The van der Waals surface area contributed by atoms with Gasteiger partial charge in [-0.05, 0) is 44.5 Å². The summed E-state index contributed by atoms with van der Waals surface area (Å²) in [5.74, 6) is 0.857. The fraction of sp³-hybridized carbons (Fsp3) is 0.579. The van der Waals surface area contributed by atoms with Crippen LogP contribution in [0.5, 0.6) is 0 Å². The SMILES string of the molecule is CCCC(c1nc2ccc(Cl)cc2c(=O)n1C)N1CCCN[C@@H](C)C1. The highest BCUT2D eigenvalue weighted by molar-refractivity contribution is 6.31. The lowest BCUT2D eigenvalue weighted by Gasteiger charge is -2.32. The number of halogens is 1. The van der Waals surface area contributed by atoms with E-state index in [1.807, 2.05) is 13.1 Å². The molecule has 1 aromatic heterocycles. The number of nitrogens with zero attached hydrogens (tertiary/aromatic N) is 3. The van der Waals surface area contributed by atoms with Gasteiger partial charge in [0.1, 0.15) is 5.82 Å². The van der Waals surface area contributed by atoms with E-state index in [4.69, 9.17) is 16.6 Å². The van der Waals surface area contributed by atoms with Gasteiger partial charge in [0.25, 0.3) is 5.56 Å². The first kappa shape index (κ1) is 18.4. The Bertz CT molecular complexity index is 804. The molecule has 1 aliphatic heterocycles. The van der Waals surface area contributed by atoms with Gasteiger partial charge in [-0.25, -0.2) is 4.98 Å². The Morgan fingerprint density at radius 2 is 2.24 bits per heavy atom. The van der Waals surface area contributed by atoms with Crippen LogP contribution in [0.25, 0.3) is 10.9 Å². The highest BCUT2D eigenvalue weighted by Crippen LogP contribution is 2.26. The maximum Gasteiger partial charge on any atom is 0.261 e. The van der Waals surface area contributed by atoms with Crippen LogP contribution in [0, 0.1) is 0 Å². The molecule has 0 bridgehead atoms. The van der Waals surface area contributed by atoms with E-state index >= 15 is 0 Å². The largest absolute Gasteiger partial charge is 0.313 e. The molecule has 0 radical (unpaired) electrons. The van der Waals surface area contributed by atoms with Gasteiger partial charge in [0, 0.05) is 31.2 Å². The van der Waals surface area contributed by atoms with Crippen molar-refractivity contribution in [1.29, 1.82) is 0 Å². The van der Waals surface area contributed by atoms with Crippen LogP contribution in [-0.4, -0.2) is 40.1 Å². The minimum Gasteiger partial charge on any atom is -0.313 e. The number of rotatable bonds is 4. The molecule has 2 aromatic rings. The molecule has 1 fully saturated rings. The van der Waals surface area contributed by atoms with Gasteiger partial charge < -0.3 is 5.32 Å². The molecule has 0 aliphatic carbocycles. The summed E-state index contributed by atoms with van der Waals surface area (Å²) in [5, 5.41) is 4.69. The third-order valence-corrected chi connectivity index (χ3v) is 5.23. The van der Waals surface area contributed by atoms with Gasteiger partial charge in [-0.3, -0.25) is 14.3 Å². The first-order valence-electron chi connectivity index (χ1n) is 9.15. The summed E-state index contributed by atoms with van der Waals surface area (Å²) in [6.45, 7) is 7.44. The lowest BCUT2D eigenvalue weighted by Crippen LogP contribution is -2.39. The Labute approximate surface area is 154 Å². The summed E-state index contributed by atoms with van der Waals surface area (Å²) < 4.78 is 1.71. The van der Waals surface area contributed by atoms with Gasteiger partial charge in [0.2, 0.25) is 0 Å². The fourth-order valence-electron chi connectivity index (χ4n) is 3.73. The number of benzene rings is 1. The summed E-state index contributed by atoms with van der Waals surface area (Å²) >= 11 is 6.06. The third kappa shape index (κ3) is 3.89. The Morgan fingerprint density at radius 3 is 3.00 bits per heavy atom. The summed E-state index contributed by atoms with van der Waals surface area (Å²) in [6, 6.07) is 5.96. The second-order valence-corrected chi connectivity index (χ2v) is 7.44. The zero-order valence-electron chi connectivity index (χ0n) is 15.3. The summed E-state index contributed by atoms with van der Waals surface area (Å²) in [7, 11) is 1.83. The van der Waals surface area contributed by atoms with Crippen LogP contribution >= 0.6 is 11.6 Å². The van der Waals surface area contributed by atoms with E-state index in [0.29, 0.717) is 16.5 Å². The molecule has 1 saturated heterocycles. The Morgan fingerprint density at radius 1 is 1.44 bits per heavy atom. The molecule has 0 amide bonds. The van der Waals surface area contributed by atoms with Gasteiger partial charge >= 0.3 is 0 Å². The average Bonchev–Trinajstić information content (AvgIpc) is 2.81. The molecule has 2 heterocycles. The third-order valence-electron chi connectivity index (χ3n) is 5.00. The Hall–Kier alpha value is -1.43. The quantitative estimate of drug-likeness (QED) is 0.907. The van der Waals surface area contributed by atoms with E-state index in [-0.39, 0.29) is 11.6 Å². The molecule has 25 heavy (non-hydrogen) atoms. The molecule has 0 saturated carbocycles. The first-order chi connectivity index (χ1) is 12.0. The van der Waals surface area contributed by atoms with Crippen molar-refractivity contribution in [1.82, 2.24) is 19.8 Å². The summed E-state index contributed by atoms with van der Waals surface area (Å²) in [4.78, 5) is 20.2. The molecule has 1 aromatic carbocycles. The van der Waals surface area contributed by atoms with Crippen LogP contribution in [0.1, 0.15) is 45.0 Å². The van der Waals surface area contributed by atoms with Crippen molar-refractivity contribution in [2.24, 2.45) is 7.05 Å². The minimum atomic E-state index is -0.0235. The number of aromatic nitrogens is 2. The summed E-state index contributed by atoms with van der Waals surface area (Å²) in [6.07, 6.45) is 3.16. The fourth-order valence-corrected chi connectivity index (χ4v) is 3.90. The Kier molecular flexibility index (Phi) is 5.77.